The zero-order valence-electron chi connectivity index (χ0n) is 16.1. The van der Waals surface area contributed by atoms with Crippen LogP contribution in [0.15, 0.2) is 77.2 Å². The minimum atomic E-state index is 0.482. The fraction of sp³-hybridized carbons (Fsp3) is 0.0435. The Morgan fingerprint density at radius 1 is 0.935 bits per heavy atom. The van der Waals surface area contributed by atoms with Gasteiger partial charge in [-0.3, -0.25) is 5.43 Å². The van der Waals surface area contributed by atoms with Crippen molar-refractivity contribution in [2.24, 2.45) is 5.10 Å². The molecule has 0 unspecified atom stereocenters. The molecule has 1 aromatic heterocycles. The number of anilines is 1. The lowest BCUT2D eigenvalue weighted by molar-refractivity contribution is 0.306. The molecule has 0 fully saturated rings. The molecular weight excluding hydrogens is 473 g/mol. The van der Waals surface area contributed by atoms with E-state index in [9.17, 15) is 0 Å². The molecule has 4 aromatic rings. The van der Waals surface area contributed by atoms with Gasteiger partial charge in [0.05, 0.1) is 16.9 Å². The van der Waals surface area contributed by atoms with Gasteiger partial charge >= 0.3 is 0 Å². The predicted molar refractivity (Wildman–Crippen MR) is 131 cm³/mol. The number of thiazole rings is 1. The Morgan fingerprint density at radius 2 is 1.68 bits per heavy atom. The zero-order valence-corrected chi connectivity index (χ0v) is 19.1. The Labute approximate surface area is 199 Å². The number of nitrogens with zero attached hydrogens (tertiary/aromatic N) is 2. The molecule has 0 saturated heterocycles. The molecule has 31 heavy (non-hydrogen) atoms. The molecule has 3 aromatic carbocycles. The molecule has 0 radical (unpaired) electrons. The average Bonchev–Trinajstić information content (AvgIpc) is 3.23. The quantitative estimate of drug-likeness (QED) is 0.213. The fourth-order valence-corrected chi connectivity index (χ4v) is 4.00. The minimum Gasteiger partial charge on any atom is -0.489 e. The van der Waals surface area contributed by atoms with E-state index in [-0.39, 0.29) is 0 Å². The van der Waals surface area contributed by atoms with Gasteiger partial charge in [-0.25, -0.2) is 4.98 Å². The lowest BCUT2D eigenvalue weighted by Gasteiger charge is -2.06. The molecule has 0 saturated carbocycles. The van der Waals surface area contributed by atoms with Crippen molar-refractivity contribution >= 4 is 57.5 Å². The summed E-state index contributed by atoms with van der Waals surface area (Å²) in [5.41, 5.74) is 6.53. The number of hydrogen-bond acceptors (Lipinski definition) is 5. The summed E-state index contributed by atoms with van der Waals surface area (Å²) in [6.07, 6.45) is 1.72. The normalized spacial score (nSPS) is 11.1. The van der Waals surface area contributed by atoms with E-state index in [2.05, 4.69) is 15.5 Å². The minimum absolute atomic E-state index is 0.482. The maximum atomic E-state index is 6.25. The average molecular weight is 489 g/mol. The first kappa shape index (κ1) is 21.7. The van der Waals surface area contributed by atoms with Crippen LogP contribution < -0.4 is 10.2 Å². The molecule has 0 atom stereocenters. The van der Waals surface area contributed by atoms with Gasteiger partial charge in [0.2, 0.25) is 5.13 Å². The van der Waals surface area contributed by atoms with E-state index in [0.29, 0.717) is 26.8 Å². The third-order valence-corrected chi connectivity index (χ3v) is 5.83. The number of aromatic nitrogens is 1. The second-order valence-corrected chi connectivity index (χ2v) is 8.65. The fourth-order valence-electron chi connectivity index (χ4n) is 2.71. The summed E-state index contributed by atoms with van der Waals surface area (Å²) in [6.45, 7) is 0.482. The third-order valence-electron chi connectivity index (χ3n) is 4.28. The van der Waals surface area contributed by atoms with Gasteiger partial charge in [-0.2, -0.15) is 5.10 Å². The van der Waals surface area contributed by atoms with E-state index < -0.39 is 0 Å². The van der Waals surface area contributed by atoms with Gasteiger partial charge < -0.3 is 4.74 Å². The Morgan fingerprint density at radius 3 is 2.42 bits per heavy atom. The summed E-state index contributed by atoms with van der Waals surface area (Å²) in [7, 11) is 0. The maximum Gasteiger partial charge on any atom is 0.203 e. The summed E-state index contributed by atoms with van der Waals surface area (Å²) in [5.74, 6) is 0.782. The molecular formula is C23H16Cl3N3OS. The maximum absolute atomic E-state index is 6.25. The molecule has 1 N–H and O–H groups in total. The first-order valence-corrected chi connectivity index (χ1v) is 11.3. The van der Waals surface area contributed by atoms with E-state index in [1.54, 1.807) is 18.3 Å². The molecule has 4 nitrogen and oxygen atoms in total. The smallest absolute Gasteiger partial charge is 0.203 e. The van der Waals surface area contributed by atoms with Crippen LogP contribution >= 0.6 is 46.1 Å². The van der Waals surface area contributed by atoms with Crippen LogP contribution in [-0.4, -0.2) is 11.2 Å². The van der Waals surface area contributed by atoms with Crippen molar-refractivity contribution in [3.05, 3.63) is 98.3 Å². The monoisotopic (exact) mass is 487 g/mol. The van der Waals surface area contributed by atoms with Gasteiger partial charge in [-0.1, -0.05) is 46.9 Å². The standard InChI is InChI=1S/C23H16Cl3N3OS/c24-17-5-1-16(2-6-17)13-30-19-8-3-15(4-9-19)12-27-29-23-28-22(14-31-23)20-10-7-18(25)11-21(20)26/h1-12,14H,13H2,(H,28,29)/b27-12-. The van der Waals surface area contributed by atoms with Gasteiger partial charge in [0.1, 0.15) is 12.4 Å². The second kappa shape index (κ2) is 10.2. The molecule has 0 aliphatic carbocycles. The first-order chi connectivity index (χ1) is 15.1. The lowest BCUT2D eigenvalue weighted by Crippen LogP contribution is -1.95. The molecule has 0 bridgehead atoms. The Balaban J connectivity index is 1.32. The van der Waals surface area contributed by atoms with Crippen molar-refractivity contribution in [3.63, 3.8) is 0 Å². The van der Waals surface area contributed by atoms with Gasteiger partial charge in [0, 0.05) is 21.0 Å². The number of nitrogens with one attached hydrogen (secondary N) is 1. The van der Waals surface area contributed by atoms with Crippen LogP contribution in [0.25, 0.3) is 11.3 Å². The number of rotatable bonds is 7. The van der Waals surface area contributed by atoms with Crippen molar-refractivity contribution < 1.29 is 4.74 Å². The van der Waals surface area contributed by atoms with E-state index in [4.69, 9.17) is 39.5 Å². The summed E-state index contributed by atoms with van der Waals surface area (Å²) >= 11 is 19.5. The summed E-state index contributed by atoms with van der Waals surface area (Å²) in [4.78, 5) is 4.51. The molecule has 0 amide bonds. The highest BCUT2D eigenvalue weighted by Gasteiger charge is 2.08. The van der Waals surface area contributed by atoms with E-state index in [1.807, 2.05) is 60.0 Å². The number of ether oxygens (including phenoxy) is 1. The Bertz CT molecular complexity index is 1190. The van der Waals surface area contributed by atoms with E-state index >= 15 is 0 Å². The zero-order chi connectivity index (χ0) is 21.6. The first-order valence-electron chi connectivity index (χ1n) is 9.24. The molecule has 8 heteroatoms. The topological polar surface area (TPSA) is 46.5 Å². The van der Waals surface area contributed by atoms with Crippen molar-refractivity contribution in [1.29, 1.82) is 0 Å². The predicted octanol–water partition coefficient (Wildman–Crippen LogP) is 7.80. The second-order valence-electron chi connectivity index (χ2n) is 6.52. The van der Waals surface area contributed by atoms with Gasteiger partial charge in [-0.15, -0.1) is 11.3 Å². The molecule has 156 valence electrons. The van der Waals surface area contributed by atoms with Crippen molar-refractivity contribution in [2.45, 2.75) is 6.61 Å². The highest BCUT2D eigenvalue weighted by atomic mass is 35.5. The number of hydrazone groups is 1. The third kappa shape index (κ3) is 5.99. The van der Waals surface area contributed by atoms with E-state index in [0.717, 1.165) is 28.1 Å². The summed E-state index contributed by atoms with van der Waals surface area (Å²) in [6, 6.07) is 20.6. The van der Waals surface area contributed by atoms with Crippen LogP contribution in [0.3, 0.4) is 0 Å². The van der Waals surface area contributed by atoms with E-state index in [1.165, 1.54) is 11.3 Å². The highest BCUT2D eigenvalue weighted by Crippen LogP contribution is 2.32. The van der Waals surface area contributed by atoms with Crippen LogP contribution in [0.1, 0.15) is 11.1 Å². The van der Waals surface area contributed by atoms with Gasteiger partial charge in [0.15, 0.2) is 0 Å². The number of halogens is 3. The summed E-state index contributed by atoms with van der Waals surface area (Å²) in [5, 5.41) is 8.70. The van der Waals surface area contributed by atoms with Crippen LogP contribution in [-0.2, 0) is 6.61 Å². The summed E-state index contributed by atoms with van der Waals surface area (Å²) < 4.78 is 5.79. The largest absolute Gasteiger partial charge is 0.489 e. The molecule has 4 rings (SSSR count). The van der Waals surface area contributed by atoms with Gasteiger partial charge in [-0.05, 0) is 65.7 Å². The number of hydrogen-bond donors (Lipinski definition) is 1. The van der Waals surface area contributed by atoms with Gasteiger partial charge in [0.25, 0.3) is 0 Å². The molecule has 0 spiro atoms. The van der Waals surface area contributed by atoms with Crippen LogP contribution in [0.2, 0.25) is 15.1 Å². The van der Waals surface area contributed by atoms with Crippen molar-refractivity contribution in [1.82, 2.24) is 4.98 Å². The van der Waals surface area contributed by atoms with Crippen molar-refractivity contribution in [2.75, 3.05) is 5.43 Å². The van der Waals surface area contributed by atoms with Crippen LogP contribution in [0, 0.1) is 0 Å². The molecule has 1 heterocycles. The number of benzene rings is 3. The van der Waals surface area contributed by atoms with Crippen LogP contribution in [0.4, 0.5) is 5.13 Å². The van der Waals surface area contributed by atoms with Crippen molar-refractivity contribution in [3.8, 4) is 17.0 Å². The molecule has 0 aliphatic heterocycles. The Kier molecular flexibility index (Phi) is 7.10. The Hall–Kier alpha value is -2.57. The lowest BCUT2D eigenvalue weighted by atomic mass is 10.2. The SMILES string of the molecule is Clc1ccc(COc2ccc(/C=N\Nc3nc(-c4ccc(Cl)cc4Cl)cs3)cc2)cc1. The van der Waals surface area contributed by atoms with Crippen LogP contribution in [0.5, 0.6) is 5.75 Å². The molecule has 0 aliphatic rings. The highest BCUT2D eigenvalue weighted by molar-refractivity contribution is 7.14.